The second kappa shape index (κ2) is 7.05. The average Bonchev–Trinajstić information content (AvgIpc) is 2.95. The number of benzene rings is 1. The van der Waals surface area contributed by atoms with Crippen molar-refractivity contribution in [3.63, 3.8) is 0 Å². The summed E-state index contributed by atoms with van der Waals surface area (Å²) in [4.78, 5) is 12.6. The highest BCUT2D eigenvalue weighted by Crippen LogP contribution is 2.32. The fraction of sp³-hybridized carbons (Fsp3) is 0.235. The van der Waals surface area contributed by atoms with E-state index in [1.807, 2.05) is 0 Å². The van der Waals surface area contributed by atoms with Gasteiger partial charge < -0.3 is 5.32 Å². The Kier molecular flexibility index (Phi) is 5.43. The van der Waals surface area contributed by atoms with Crippen LogP contribution in [0.25, 0.3) is 6.08 Å². The molecule has 1 aromatic carbocycles. The molecule has 2 aromatic rings. The molecule has 0 aliphatic rings. The van der Waals surface area contributed by atoms with Gasteiger partial charge in [-0.1, -0.05) is 6.58 Å². The lowest BCUT2D eigenvalue weighted by atomic mass is 10.0. The number of carbonyl (C=O) groups excluding carboxylic acids is 1. The molecular weight excluding hydrogens is 446 g/mol. The van der Waals surface area contributed by atoms with Crippen LogP contribution in [-0.2, 0) is 16.5 Å². The quantitative estimate of drug-likeness (QED) is 0.531. The SMILES string of the molecule is C=C=Cc1cc(C(F)(F)F)ccc1NC(=O)C(C)(C)n1cc(I)cn1. The van der Waals surface area contributed by atoms with E-state index in [0.29, 0.717) is 0 Å². The molecule has 0 radical (unpaired) electrons. The molecule has 2 rings (SSSR count). The number of carbonyl (C=O) groups is 1. The van der Waals surface area contributed by atoms with Crippen molar-refractivity contribution in [2.24, 2.45) is 0 Å². The van der Waals surface area contributed by atoms with Gasteiger partial charge in [-0.2, -0.15) is 18.3 Å². The van der Waals surface area contributed by atoms with Gasteiger partial charge in [-0.15, -0.1) is 5.73 Å². The van der Waals surface area contributed by atoms with Crippen LogP contribution in [0.15, 0.2) is 42.9 Å². The Labute approximate surface area is 156 Å². The lowest BCUT2D eigenvalue weighted by molar-refractivity contribution is -0.137. The van der Waals surface area contributed by atoms with Gasteiger partial charge in [-0.25, -0.2) is 0 Å². The van der Waals surface area contributed by atoms with Crippen molar-refractivity contribution in [3.8, 4) is 0 Å². The van der Waals surface area contributed by atoms with E-state index < -0.39 is 23.2 Å². The van der Waals surface area contributed by atoms with Gasteiger partial charge in [0, 0.05) is 17.4 Å². The van der Waals surface area contributed by atoms with Gasteiger partial charge in [-0.05, 0) is 60.7 Å². The van der Waals surface area contributed by atoms with Gasteiger partial charge in [0.05, 0.1) is 15.3 Å². The van der Waals surface area contributed by atoms with Crippen LogP contribution in [0.1, 0.15) is 25.0 Å². The van der Waals surface area contributed by atoms with Gasteiger partial charge in [0.25, 0.3) is 5.91 Å². The van der Waals surface area contributed by atoms with Gasteiger partial charge in [-0.3, -0.25) is 9.48 Å². The highest BCUT2D eigenvalue weighted by atomic mass is 127. The molecule has 4 nitrogen and oxygen atoms in total. The van der Waals surface area contributed by atoms with E-state index >= 15 is 0 Å². The summed E-state index contributed by atoms with van der Waals surface area (Å²) in [5.74, 6) is -0.412. The zero-order valence-electron chi connectivity index (χ0n) is 13.5. The Bertz CT molecular complexity index is 849. The van der Waals surface area contributed by atoms with E-state index in [2.05, 4.69) is 45.3 Å². The van der Waals surface area contributed by atoms with Crippen LogP contribution in [0.5, 0.6) is 0 Å². The molecular formula is C17H15F3IN3O. The molecule has 0 aliphatic carbocycles. The Morgan fingerprint density at radius 2 is 2.08 bits per heavy atom. The van der Waals surface area contributed by atoms with Crippen LogP contribution in [0.3, 0.4) is 0 Å². The average molecular weight is 461 g/mol. The molecule has 0 fully saturated rings. The molecule has 1 aromatic heterocycles. The predicted octanol–water partition coefficient (Wildman–Crippen LogP) is 4.68. The molecule has 132 valence electrons. The third-order valence-electron chi connectivity index (χ3n) is 3.56. The van der Waals surface area contributed by atoms with E-state index in [9.17, 15) is 18.0 Å². The summed E-state index contributed by atoms with van der Waals surface area (Å²) in [6.07, 6.45) is 0.128. The molecule has 0 bridgehead atoms. The van der Waals surface area contributed by atoms with E-state index in [1.54, 1.807) is 26.2 Å². The van der Waals surface area contributed by atoms with Crippen LogP contribution in [0.4, 0.5) is 18.9 Å². The van der Waals surface area contributed by atoms with Crippen LogP contribution < -0.4 is 5.32 Å². The molecule has 0 aliphatic heterocycles. The molecule has 0 saturated carbocycles. The summed E-state index contributed by atoms with van der Waals surface area (Å²) in [7, 11) is 0. The second-order valence-corrected chi connectivity index (χ2v) is 7.01. The number of amides is 1. The van der Waals surface area contributed by atoms with Crippen molar-refractivity contribution in [1.82, 2.24) is 9.78 Å². The smallest absolute Gasteiger partial charge is 0.323 e. The maximum absolute atomic E-state index is 12.9. The van der Waals surface area contributed by atoms with Gasteiger partial charge >= 0.3 is 6.18 Å². The summed E-state index contributed by atoms with van der Waals surface area (Å²) in [5.41, 5.74) is 1.01. The van der Waals surface area contributed by atoms with Crippen LogP contribution in [-0.4, -0.2) is 15.7 Å². The van der Waals surface area contributed by atoms with E-state index in [1.165, 1.54) is 16.8 Å². The number of halogens is 4. The molecule has 25 heavy (non-hydrogen) atoms. The fourth-order valence-corrected chi connectivity index (χ4v) is 2.46. The number of hydrogen-bond donors (Lipinski definition) is 1. The first-order valence-electron chi connectivity index (χ1n) is 7.15. The van der Waals surface area contributed by atoms with Crippen LogP contribution in [0, 0.1) is 3.57 Å². The summed E-state index contributed by atoms with van der Waals surface area (Å²) < 4.78 is 41.0. The van der Waals surface area contributed by atoms with Crippen molar-refractivity contribution >= 4 is 40.3 Å². The van der Waals surface area contributed by atoms with Crippen molar-refractivity contribution in [2.75, 3.05) is 5.32 Å². The number of nitrogens with one attached hydrogen (secondary N) is 1. The Morgan fingerprint density at radius 3 is 2.60 bits per heavy atom. The first-order chi connectivity index (χ1) is 11.6. The maximum atomic E-state index is 12.9. The first kappa shape index (κ1) is 19.3. The molecule has 1 N–H and O–H groups in total. The molecule has 1 amide bonds. The van der Waals surface area contributed by atoms with Crippen LogP contribution >= 0.6 is 22.6 Å². The highest BCUT2D eigenvalue weighted by Gasteiger charge is 2.33. The largest absolute Gasteiger partial charge is 0.416 e. The molecule has 0 saturated heterocycles. The molecule has 1 heterocycles. The molecule has 0 unspecified atom stereocenters. The van der Waals surface area contributed by atoms with Gasteiger partial charge in [0.15, 0.2) is 0 Å². The summed E-state index contributed by atoms with van der Waals surface area (Å²) in [6, 6.07) is 3.07. The van der Waals surface area contributed by atoms with Crippen molar-refractivity contribution in [2.45, 2.75) is 25.6 Å². The summed E-state index contributed by atoms with van der Waals surface area (Å²) in [6.45, 7) is 6.71. The van der Waals surface area contributed by atoms with E-state index in [-0.39, 0.29) is 11.3 Å². The van der Waals surface area contributed by atoms with Gasteiger partial charge in [0.2, 0.25) is 0 Å². The van der Waals surface area contributed by atoms with Crippen molar-refractivity contribution in [1.29, 1.82) is 0 Å². The Morgan fingerprint density at radius 1 is 1.40 bits per heavy atom. The highest BCUT2D eigenvalue weighted by molar-refractivity contribution is 14.1. The first-order valence-corrected chi connectivity index (χ1v) is 8.23. The minimum Gasteiger partial charge on any atom is -0.323 e. The minimum absolute atomic E-state index is 0.170. The maximum Gasteiger partial charge on any atom is 0.416 e. The number of hydrogen-bond acceptors (Lipinski definition) is 2. The molecule has 8 heteroatoms. The number of anilines is 1. The lowest BCUT2D eigenvalue weighted by Crippen LogP contribution is -2.40. The zero-order chi connectivity index (χ0) is 18.8. The number of aromatic nitrogens is 2. The minimum atomic E-state index is -4.47. The molecule has 0 atom stereocenters. The lowest BCUT2D eigenvalue weighted by Gasteiger charge is -2.25. The van der Waals surface area contributed by atoms with Crippen molar-refractivity contribution < 1.29 is 18.0 Å². The molecule has 0 spiro atoms. The predicted molar refractivity (Wildman–Crippen MR) is 97.9 cm³/mol. The summed E-state index contributed by atoms with van der Waals surface area (Å²) in [5, 5.41) is 6.78. The summed E-state index contributed by atoms with van der Waals surface area (Å²) >= 11 is 2.07. The van der Waals surface area contributed by atoms with E-state index in [4.69, 9.17) is 0 Å². The Balaban J connectivity index is 2.35. The number of alkyl halides is 3. The van der Waals surface area contributed by atoms with Gasteiger partial charge in [0.1, 0.15) is 5.54 Å². The standard InChI is InChI=1S/C17H15F3IN3O/c1-4-5-11-8-12(17(18,19)20)6-7-14(11)23-15(25)16(2,3)24-10-13(21)9-22-24/h5-10H,1H2,2-3H3,(H,23,25). The van der Waals surface area contributed by atoms with Crippen LogP contribution in [0.2, 0.25) is 0 Å². The Hall–Kier alpha value is -2.06. The topological polar surface area (TPSA) is 46.9 Å². The number of rotatable bonds is 4. The zero-order valence-corrected chi connectivity index (χ0v) is 15.6. The number of nitrogens with zero attached hydrogens (tertiary/aromatic N) is 2. The third-order valence-corrected chi connectivity index (χ3v) is 4.12. The van der Waals surface area contributed by atoms with E-state index in [0.717, 1.165) is 15.7 Å². The third kappa shape index (κ3) is 4.32. The monoisotopic (exact) mass is 461 g/mol. The fourth-order valence-electron chi connectivity index (χ4n) is 2.07. The normalized spacial score (nSPS) is 11.8. The second-order valence-electron chi connectivity index (χ2n) is 5.76. The van der Waals surface area contributed by atoms with Crippen molar-refractivity contribution in [3.05, 3.63) is 57.6 Å².